The van der Waals surface area contributed by atoms with Crippen LogP contribution in [-0.2, 0) is 27.5 Å². The van der Waals surface area contributed by atoms with Crippen molar-refractivity contribution in [2.45, 2.75) is 51.7 Å². The lowest BCUT2D eigenvalue weighted by molar-refractivity contribution is -0.122. The Labute approximate surface area is 196 Å². The van der Waals surface area contributed by atoms with E-state index < -0.39 is 33.7 Å². The van der Waals surface area contributed by atoms with Crippen LogP contribution in [0.3, 0.4) is 0 Å². The molecule has 1 fully saturated rings. The van der Waals surface area contributed by atoms with E-state index in [0.717, 1.165) is 29.7 Å². The number of hydrogen-bond donors (Lipinski definition) is 2. The first-order valence-electron chi connectivity index (χ1n) is 11.0. The lowest BCUT2D eigenvalue weighted by Crippen LogP contribution is -2.37. The van der Waals surface area contributed by atoms with Gasteiger partial charge in [-0.05, 0) is 56.2 Å². The standard InChI is InChI=1S/C23H27FN2O5S2/c1-13-7-8-16-19(11-13)32-23(20(16)22(28)25-15-9-10-33(29,30)12-15)26-21(27)14(2)31-18-6-4-3-5-17(18)24/h3-6,13-15H,7-12H2,1-2H3,(H,25,28)(H,26,27)/t13-,14+,15-/m0/s1. The number of ether oxygens (including phenoxy) is 1. The topological polar surface area (TPSA) is 102 Å². The number of anilines is 1. The smallest absolute Gasteiger partial charge is 0.265 e. The van der Waals surface area contributed by atoms with Crippen LogP contribution in [0.5, 0.6) is 5.75 Å². The summed E-state index contributed by atoms with van der Waals surface area (Å²) in [6.45, 7) is 3.66. The zero-order valence-electron chi connectivity index (χ0n) is 18.5. The van der Waals surface area contributed by atoms with Crippen molar-refractivity contribution in [2.75, 3.05) is 16.8 Å². The van der Waals surface area contributed by atoms with Crippen LogP contribution in [-0.4, -0.2) is 43.9 Å². The molecule has 2 aromatic rings. The van der Waals surface area contributed by atoms with Crippen LogP contribution in [0.1, 0.15) is 47.5 Å². The molecular formula is C23H27FN2O5S2. The van der Waals surface area contributed by atoms with Gasteiger partial charge in [0, 0.05) is 10.9 Å². The van der Waals surface area contributed by atoms with Crippen molar-refractivity contribution >= 4 is 38.0 Å². The van der Waals surface area contributed by atoms with E-state index >= 15 is 0 Å². The van der Waals surface area contributed by atoms with Gasteiger partial charge in [-0.1, -0.05) is 19.1 Å². The van der Waals surface area contributed by atoms with E-state index in [-0.39, 0.29) is 23.2 Å². The van der Waals surface area contributed by atoms with Crippen LogP contribution in [0.2, 0.25) is 0 Å². The third-order valence-electron chi connectivity index (χ3n) is 6.05. The van der Waals surface area contributed by atoms with Gasteiger partial charge in [-0.2, -0.15) is 0 Å². The number of sulfone groups is 1. The molecule has 178 valence electrons. The average molecular weight is 495 g/mol. The quantitative estimate of drug-likeness (QED) is 0.642. The number of para-hydroxylation sites is 1. The van der Waals surface area contributed by atoms with Crippen LogP contribution < -0.4 is 15.4 Å². The third-order valence-corrected chi connectivity index (χ3v) is 8.99. The Morgan fingerprint density at radius 1 is 1.24 bits per heavy atom. The second kappa shape index (κ2) is 9.42. The minimum Gasteiger partial charge on any atom is -0.478 e. The molecule has 0 spiro atoms. The summed E-state index contributed by atoms with van der Waals surface area (Å²) < 4.78 is 43.0. The molecule has 10 heteroatoms. The summed E-state index contributed by atoms with van der Waals surface area (Å²) in [7, 11) is -3.14. The number of hydrogen-bond acceptors (Lipinski definition) is 6. The van der Waals surface area contributed by atoms with Crippen molar-refractivity contribution in [1.29, 1.82) is 0 Å². The third kappa shape index (κ3) is 5.38. The van der Waals surface area contributed by atoms with Gasteiger partial charge in [0.1, 0.15) is 5.00 Å². The maximum Gasteiger partial charge on any atom is 0.265 e. The zero-order chi connectivity index (χ0) is 23.8. The molecule has 0 unspecified atom stereocenters. The summed E-state index contributed by atoms with van der Waals surface area (Å²) >= 11 is 1.37. The summed E-state index contributed by atoms with van der Waals surface area (Å²) in [5.74, 6) is -1.00. The Morgan fingerprint density at radius 2 is 2.00 bits per heavy atom. The van der Waals surface area contributed by atoms with E-state index in [1.807, 2.05) is 0 Å². The van der Waals surface area contributed by atoms with Crippen molar-refractivity contribution in [1.82, 2.24) is 5.32 Å². The SMILES string of the molecule is C[C@H]1CCc2c(sc(NC(=O)[C@@H](C)Oc3ccccc3F)c2C(=O)N[C@H]2CCS(=O)(=O)C2)C1. The summed E-state index contributed by atoms with van der Waals surface area (Å²) in [5.41, 5.74) is 1.31. The van der Waals surface area contributed by atoms with E-state index in [0.29, 0.717) is 22.9 Å². The molecule has 1 saturated heterocycles. The van der Waals surface area contributed by atoms with Crippen molar-refractivity contribution in [2.24, 2.45) is 5.92 Å². The fourth-order valence-electron chi connectivity index (χ4n) is 4.24. The number of rotatable bonds is 6. The van der Waals surface area contributed by atoms with Crippen LogP contribution in [0.25, 0.3) is 0 Å². The first-order valence-corrected chi connectivity index (χ1v) is 13.6. The molecule has 2 amide bonds. The van der Waals surface area contributed by atoms with Crippen LogP contribution in [0, 0.1) is 11.7 Å². The number of carbonyl (C=O) groups excluding carboxylic acids is 2. The second-order valence-corrected chi connectivity index (χ2v) is 12.1. The van der Waals surface area contributed by atoms with Crippen molar-refractivity contribution < 1.29 is 27.1 Å². The summed E-state index contributed by atoms with van der Waals surface area (Å²) in [6.07, 6.45) is 1.86. The van der Waals surface area contributed by atoms with Gasteiger partial charge in [-0.15, -0.1) is 11.3 Å². The highest BCUT2D eigenvalue weighted by molar-refractivity contribution is 7.91. The molecule has 1 aromatic carbocycles. The second-order valence-electron chi connectivity index (χ2n) is 8.81. The highest BCUT2D eigenvalue weighted by Gasteiger charge is 2.33. The molecule has 0 saturated carbocycles. The maximum atomic E-state index is 13.9. The van der Waals surface area contributed by atoms with Gasteiger partial charge < -0.3 is 15.4 Å². The molecule has 2 aliphatic rings. The summed E-state index contributed by atoms with van der Waals surface area (Å²) in [4.78, 5) is 27.1. The first kappa shape index (κ1) is 23.7. The fraction of sp³-hybridized carbons (Fsp3) is 0.478. The number of carbonyl (C=O) groups is 2. The molecule has 0 bridgehead atoms. The molecule has 1 aliphatic carbocycles. The molecule has 2 N–H and O–H groups in total. The van der Waals surface area contributed by atoms with Gasteiger partial charge in [-0.25, -0.2) is 12.8 Å². The molecule has 1 aliphatic heterocycles. The van der Waals surface area contributed by atoms with Gasteiger partial charge in [0.05, 0.1) is 17.1 Å². The number of fused-ring (bicyclic) bond motifs is 1. The van der Waals surface area contributed by atoms with Crippen molar-refractivity contribution in [3.05, 3.63) is 46.1 Å². The van der Waals surface area contributed by atoms with Gasteiger partial charge >= 0.3 is 0 Å². The van der Waals surface area contributed by atoms with Crippen LogP contribution in [0.4, 0.5) is 9.39 Å². The highest BCUT2D eigenvalue weighted by Crippen LogP contribution is 2.40. The van der Waals surface area contributed by atoms with Crippen LogP contribution in [0.15, 0.2) is 24.3 Å². The van der Waals surface area contributed by atoms with E-state index in [9.17, 15) is 22.4 Å². The minimum absolute atomic E-state index is 0.0279. The number of amides is 2. The van der Waals surface area contributed by atoms with Crippen molar-refractivity contribution in [3.63, 3.8) is 0 Å². The Bertz CT molecular complexity index is 1180. The number of nitrogens with one attached hydrogen (secondary N) is 2. The molecular weight excluding hydrogens is 467 g/mol. The fourth-order valence-corrected chi connectivity index (χ4v) is 7.33. The average Bonchev–Trinajstić information content (AvgIpc) is 3.27. The number of thiophene rings is 1. The van der Waals surface area contributed by atoms with Crippen LogP contribution >= 0.6 is 11.3 Å². The molecule has 4 rings (SSSR count). The summed E-state index contributed by atoms with van der Waals surface area (Å²) in [6, 6.07) is 5.40. The predicted octanol–water partition coefficient (Wildman–Crippen LogP) is 3.33. The van der Waals surface area contributed by atoms with Gasteiger partial charge in [0.2, 0.25) is 0 Å². The first-order chi connectivity index (χ1) is 15.6. The Morgan fingerprint density at radius 3 is 2.70 bits per heavy atom. The van der Waals surface area contributed by atoms with E-state index in [4.69, 9.17) is 4.74 Å². The number of halogens is 1. The van der Waals surface area contributed by atoms with Gasteiger partial charge in [0.25, 0.3) is 11.8 Å². The normalized spacial score (nSPS) is 22.3. The minimum atomic E-state index is -3.14. The maximum absolute atomic E-state index is 13.9. The van der Waals surface area contributed by atoms with E-state index in [1.54, 1.807) is 6.07 Å². The molecule has 2 heterocycles. The van der Waals surface area contributed by atoms with E-state index in [1.165, 1.54) is 36.5 Å². The molecule has 3 atom stereocenters. The molecule has 0 radical (unpaired) electrons. The molecule has 7 nitrogen and oxygen atoms in total. The number of benzene rings is 1. The van der Waals surface area contributed by atoms with E-state index in [2.05, 4.69) is 17.6 Å². The predicted molar refractivity (Wildman–Crippen MR) is 125 cm³/mol. The summed E-state index contributed by atoms with van der Waals surface area (Å²) in [5, 5.41) is 6.06. The lowest BCUT2D eigenvalue weighted by atomic mass is 9.88. The highest BCUT2D eigenvalue weighted by atomic mass is 32.2. The molecule has 1 aromatic heterocycles. The Balaban J connectivity index is 1.55. The largest absolute Gasteiger partial charge is 0.478 e. The van der Waals surface area contributed by atoms with Crippen molar-refractivity contribution in [3.8, 4) is 5.75 Å². The monoisotopic (exact) mass is 494 g/mol. The Kier molecular flexibility index (Phi) is 6.76. The Hall–Kier alpha value is -2.46. The molecule has 33 heavy (non-hydrogen) atoms. The van der Waals surface area contributed by atoms with Gasteiger partial charge in [0.15, 0.2) is 27.5 Å². The zero-order valence-corrected chi connectivity index (χ0v) is 20.2. The van der Waals surface area contributed by atoms with Gasteiger partial charge in [-0.3, -0.25) is 9.59 Å². The lowest BCUT2D eigenvalue weighted by Gasteiger charge is -2.19.